The maximum absolute atomic E-state index is 13.5. The van der Waals surface area contributed by atoms with Gasteiger partial charge in [-0.05, 0) is 84.7 Å². The minimum Gasteiger partial charge on any atom is -0.480 e. The number of aliphatic carboxylic acids is 1. The van der Waals surface area contributed by atoms with Crippen LogP contribution in [0.2, 0.25) is 5.02 Å². The number of benzene rings is 3. The fourth-order valence-corrected chi connectivity index (χ4v) is 5.92. The summed E-state index contributed by atoms with van der Waals surface area (Å²) in [5, 5.41) is 14.1. The maximum atomic E-state index is 13.5. The van der Waals surface area contributed by atoms with Gasteiger partial charge >= 0.3 is 5.97 Å². The van der Waals surface area contributed by atoms with Crippen LogP contribution in [0.25, 0.3) is 6.08 Å². The lowest BCUT2D eigenvalue weighted by Gasteiger charge is -2.45. The predicted octanol–water partition coefficient (Wildman–Crippen LogP) is 6.88. The summed E-state index contributed by atoms with van der Waals surface area (Å²) in [6, 6.07) is 22.1. The molecule has 1 saturated carbocycles. The molecule has 0 unspecified atom stereocenters. The van der Waals surface area contributed by atoms with Gasteiger partial charge < -0.3 is 15.2 Å². The molecule has 6 heteroatoms. The molecule has 1 spiro atoms. The molecule has 5 rings (SSSR count). The Bertz CT molecular complexity index is 1300. The van der Waals surface area contributed by atoms with Gasteiger partial charge in [-0.2, -0.15) is 0 Å². The maximum Gasteiger partial charge on any atom is 0.329 e. The highest BCUT2D eigenvalue weighted by Gasteiger charge is 2.51. The fraction of sp³-hybridized carbons (Fsp3) is 0.300. The van der Waals surface area contributed by atoms with E-state index in [0.29, 0.717) is 56.0 Å². The van der Waals surface area contributed by atoms with Gasteiger partial charge in [0.05, 0.1) is 13.2 Å². The quantitative estimate of drug-likeness (QED) is 0.327. The van der Waals surface area contributed by atoms with Crippen molar-refractivity contribution in [2.24, 2.45) is 0 Å². The van der Waals surface area contributed by atoms with Crippen LogP contribution in [0, 0.1) is 5.82 Å². The summed E-state index contributed by atoms with van der Waals surface area (Å²) >= 11 is 6.14. The Labute approximate surface area is 215 Å². The van der Waals surface area contributed by atoms with Crippen LogP contribution < -0.4 is 5.32 Å². The molecule has 0 amide bonds. The first-order valence-electron chi connectivity index (χ1n) is 12.3. The Morgan fingerprint density at radius 2 is 1.78 bits per heavy atom. The second-order valence-electron chi connectivity index (χ2n) is 9.79. The van der Waals surface area contributed by atoms with Gasteiger partial charge in [-0.25, -0.2) is 9.18 Å². The van der Waals surface area contributed by atoms with Crippen molar-refractivity contribution in [2.75, 3.05) is 18.5 Å². The first-order valence-corrected chi connectivity index (χ1v) is 12.7. The minimum atomic E-state index is -1.06. The number of hydrogen-bond donors (Lipinski definition) is 2. The first-order chi connectivity index (χ1) is 17.4. The third kappa shape index (κ3) is 4.78. The SMILES string of the molecule is O=C(O)C1(Nc2cccc(Cl)c2)CCC2(CC1)C(COCCc1cccc(F)c1)=Cc1ccccc12. The number of ether oxygens (including phenoxy) is 1. The Hall–Kier alpha value is -3.15. The van der Waals surface area contributed by atoms with Crippen LogP contribution in [0.1, 0.15) is 42.4 Å². The van der Waals surface area contributed by atoms with Crippen LogP contribution in [-0.2, 0) is 21.4 Å². The summed E-state index contributed by atoms with van der Waals surface area (Å²) in [6.07, 6.45) is 5.19. The minimum absolute atomic E-state index is 0.240. The van der Waals surface area contributed by atoms with Crippen LogP contribution in [0.15, 0.2) is 78.4 Å². The highest BCUT2D eigenvalue weighted by Crippen LogP contribution is 2.53. The average molecular weight is 506 g/mol. The lowest BCUT2D eigenvalue weighted by atomic mass is 9.62. The van der Waals surface area contributed by atoms with Gasteiger partial charge in [-0.1, -0.05) is 60.1 Å². The molecule has 186 valence electrons. The number of rotatable bonds is 8. The van der Waals surface area contributed by atoms with Crippen molar-refractivity contribution in [1.29, 1.82) is 0 Å². The molecule has 2 N–H and O–H groups in total. The Morgan fingerprint density at radius 1 is 1.00 bits per heavy atom. The molecule has 0 aliphatic heterocycles. The van der Waals surface area contributed by atoms with Crippen LogP contribution in [0.4, 0.5) is 10.1 Å². The molecular formula is C30H29ClFNO3. The highest BCUT2D eigenvalue weighted by molar-refractivity contribution is 6.30. The molecular weight excluding hydrogens is 477 g/mol. The third-order valence-corrected chi connectivity index (χ3v) is 7.91. The zero-order valence-electron chi connectivity index (χ0n) is 20.0. The summed E-state index contributed by atoms with van der Waals surface area (Å²) in [6.45, 7) is 0.953. The van der Waals surface area contributed by atoms with Crippen LogP contribution in [0.3, 0.4) is 0 Å². The van der Waals surface area contributed by atoms with E-state index in [0.717, 1.165) is 5.56 Å². The monoisotopic (exact) mass is 505 g/mol. The van der Waals surface area contributed by atoms with Gasteiger partial charge in [0.15, 0.2) is 0 Å². The summed E-state index contributed by atoms with van der Waals surface area (Å²) in [5.74, 6) is -1.09. The van der Waals surface area contributed by atoms with Gasteiger partial charge in [-0.3, -0.25) is 0 Å². The van der Waals surface area contributed by atoms with E-state index in [-0.39, 0.29) is 11.2 Å². The lowest BCUT2D eigenvalue weighted by molar-refractivity contribution is -0.143. The molecule has 1 fully saturated rings. The summed E-state index contributed by atoms with van der Waals surface area (Å²) < 4.78 is 19.6. The molecule has 0 radical (unpaired) electrons. The van der Waals surface area contributed by atoms with Crippen molar-refractivity contribution in [2.45, 2.75) is 43.1 Å². The van der Waals surface area contributed by atoms with Crippen molar-refractivity contribution < 1.29 is 19.0 Å². The van der Waals surface area contributed by atoms with Crippen molar-refractivity contribution >= 4 is 29.3 Å². The van der Waals surface area contributed by atoms with Crippen LogP contribution in [-0.4, -0.2) is 29.8 Å². The second kappa shape index (κ2) is 10.1. The fourth-order valence-electron chi connectivity index (χ4n) is 5.73. The van der Waals surface area contributed by atoms with Crippen molar-refractivity contribution in [1.82, 2.24) is 0 Å². The molecule has 36 heavy (non-hydrogen) atoms. The van der Waals surface area contributed by atoms with Gasteiger partial charge in [0, 0.05) is 16.1 Å². The number of nitrogens with one attached hydrogen (secondary N) is 1. The molecule has 0 bridgehead atoms. The van der Waals surface area contributed by atoms with Crippen LogP contribution in [0.5, 0.6) is 0 Å². The van der Waals surface area contributed by atoms with E-state index < -0.39 is 11.5 Å². The Morgan fingerprint density at radius 3 is 2.53 bits per heavy atom. The summed E-state index contributed by atoms with van der Waals surface area (Å²) in [7, 11) is 0. The van der Waals surface area contributed by atoms with E-state index in [4.69, 9.17) is 16.3 Å². The molecule has 3 aromatic rings. The third-order valence-electron chi connectivity index (χ3n) is 7.68. The molecule has 0 aromatic heterocycles. The zero-order chi connectivity index (χ0) is 25.2. The van der Waals surface area contributed by atoms with Crippen molar-refractivity contribution in [3.8, 4) is 0 Å². The normalized spacial score (nSPS) is 22.8. The first kappa shape index (κ1) is 24.5. The van der Waals surface area contributed by atoms with Crippen molar-refractivity contribution in [3.63, 3.8) is 0 Å². The number of halogens is 2. The van der Waals surface area contributed by atoms with E-state index in [1.54, 1.807) is 18.2 Å². The van der Waals surface area contributed by atoms with E-state index in [9.17, 15) is 14.3 Å². The zero-order valence-corrected chi connectivity index (χ0v) is 20.7. The topological polar surface area (TPSA) is 58.6 Å². The van der Waals surface area contributed by atoms with E-state index in [1.165, 1.54) is 28.8 Å². The van der Waals surface area contributed by atoms with Gasteiger partial charge in [0.2, 0.25) is 0 Å². The largest absolute Gasteiger partial charge is 0.480 e. The number of hydrogen-bond acceptors (Lipinski definition) is 3. The number of carboxylic acid groups (broad SMARTS) is 1. The van der Waals surface area contributed by atoms with Gasteiger partial charge in [0.1, 0.15) is 11.4 Å². The number of carboxylic acids is 1. The Kier molecular flexibility index (Phi) is 6.87. The molecule has 0 heterocycles. The molecule has 0 atom stereocenters. The smallest absolute Gasteiger partial charge is 0.329 e. The van der Waals surface area contributed by atoms with Crippen molar-refractivity contribution in [3.05, 3.63) is 106 Å². The van der Waals surface area contributed by atoms with E-state index >= 15 is 0 Å². The summed E-state index contributed by atoms with van der Waals surface area (Å²) in [5.41, 5.74) is 3.92. The molecule has 3 aromatic carbocycles. The predicted molar refractivity (Wildman–Crippen MR) is 141 cm³/mol. The molecule has 2 aliphatic carbocycles. The van der Waals surface area contributed by atoms with Gasteiger partial charge in [-0.15, -0.1) is 0 Å². The molecule has 0 saturated heterocycles. The molecule has 2 aliphatic rings. The van der Waals surface area contributed by atoms with Crippen LogP contribution >= 0.6 is 11.6 Å². The summed E-state index contributed by atoms with van der Waals surface area (Å²) in [4.78, 5) is 12.5. The second-order valence-corrected chi connectivity index (χ2v) is 10.2. The average Bonchev–Trinajstić information content (AvgIpc) is 3.16. The highest BCUT2D eigenvalue weighted by atomic mass is 35.5. The van der Waals surface area contributed by atoms with E-state index in [1.807, 2.05) is 30.3 Å². The number of fused-ring (bicyclic) bond motifs is 2. The van der Waals surface area contributed by atoms with E-state index in [2.05, 4.69) is 23.5 Å². The van der Waals surface area contributed by atoms with Gasteiger partial charge in [0.25, 0.3) is 0 Å². The standard InChI is InChI=1S/C30H29ClFNO3/c31-24-7-4-9-26(19-24)33-30(28(34)35)14-12-29(13-15-30)23(18-22-6-1-2-10-27(22)29)20-36-16-11-21-5-3-8-25(32)17-21/h1-10,17-19,33H,11-16,20H2,(H,34,35). The number of carbonyl (C=O) groups is 1. The lowest BCUT2D eigenvalue weighted by Crippen LogP contribution is -2.52. The molecule has 4 nitrogen and oxygen atoms in total. The Balaban J connectivity index is 1.32. The number of anilines is 1.